The van der Waals surface area contributed by atoms with Gasteiger partial charge in [0, 0.05) is 10.9 Å². The maximum atomic E-state index is 9.68. The average Bonchev–Trinajstić information content (AvgIpc) is 2.53. The van der Waals surface area contributed by atoms with Crippen LogP contribution in [0.5, 0.6) is 0 Å². The van der Waals surface area contributed by atoms with E-state index in [1.807, 2.05) is 24.3 Å². The molecule has 0 saturated heterocycles. The summed E-state index contributed by atoms with van der Waals surface area (Å²) in [5.74, 6) is 0.331. The van der Waals surface area contributed by atoms with Crippen molar-refractivity contribution in [3.05, 3.63) is 34.9 Å². The van der Waals surface area contributed by atoms with E-state index in [2.05, 4.69) is 0 Å². The van der Waals surface area contributed by atoms with Crippen molar-refractivity contribution in [1.82, 2.24) is 0 Å². The molecule has 0 heterocycles. The molecule has 0 bridgehead atoms. The average molecular weight is 197 g/mol. The molecule has 1 saturated carbocycles. The van der Waals surface area contributed by atoms with Gasteiger partial charge in [0.15, 0.2) is 0 Å². The molecule has 1 aliphatic rings. The SMILES string of the molecule is O[C@@H]1CCC[C@H]1c1ccc(Cl)cc1. The van der Waals surface area contributed by atoms with E-state index in [4.69, 9.17) is 11.6 Å². The van der Waals surface area contributed by atoms with Crippen molar-refractivity contribution in [2.45, 2.75) is 31.3 Å². The first kappa shape index (κ1) is 9.04. The van der Waals surface area contributed by atoms with E-state index in [0.29, 0.717) is 5.92 Å². The van der Waals surface area contributed by atoms with Gasteiger partial charge in [0.2, 0.25) is 0 Å². The van der Waals surface area contributed by atoms with Gasteiger partial charge in [-0.2, -0.15) is 0 Å². The predicted octanol–water partition coefficient (Wildman–Crippen LogP) is 2.97. The molecular weight excluding hydrogens is 184 g/mol. The highest BCUT2D eigenvalue weighted by atomic mass is 35.5. The van der Waals surface area contributed by atoms with Gasteiger partial charge in [-0.1, -0.05) is 30.2 Å². The monoisotopic (exact) mass is 196 g/mol. The lowest BCUT2D eigenvalue weighted by Gasteiger charge is -2.14. The largest absolute Gasteiger partial charge is 0.392 e. The molecule has 1 N–H and O–H groups in total. The van der Waals surface area contributed by atoms with E-state index in [1.165, 1.54) is 5.56 Å². The third-order valence-corrected chi connectivity index (χ3v) is 3.03. The molecule has 1 aromatic carbocycles. The summed E-state index contributed by atoms with van der Waals surface area (Å²) in [6, 6.07) is 7.81. The van der Waals surface area contributed by atoms with Gasteiger partial charge in [-0.25, -0.2) is 0 Å². The second-order valence-corrected chi connectivity index (χ2v) is 4.09. The topological polar surface area (TPSA) is 20.2 Å². The summed E-state index contributed by atoms with van der Waals surface area (Å²) in [6.07, 6.45) is 3.02. The summed E-state index contributed by atoms with van der Waals surface area (Å²) in [5.41, 5.74) is 1.22. The number of rotatable bonds is 1. The molecule has 0 spiro atoms. The van der Waals surface area contributed by atoms with Crippen molar-refractivity contribution in [1.29, 1.82) is 0 Å². The molecule has 70 valence electrons. The highest BCUT2D eigenvalue weighted by molar-refractivity contribution is 6.30. The quantitative estimate of drug-likeness (QED) is 0.732. The van der Waals surface area contributed by atoms with Crippen LogP contribution in [-0.4, -0.2) is 11.2 Å². The lowest BCUT2D eigenvalue weighted by molar-refractivity contribution is 0.164. The third kappa shape index (κ3) is 1.87. The van der Waals surface area contributed by atoms with Gasteiger partial charge in [0.1, 0.15) is 0 Å². The highest BCUT2D eigenvalue weighted by Gasteiger charge is 2.26. The van der Waals surface area contributed by atoms with Crippen LogP contribution in [0.2, 0.25) is 5.02 Å². The standard InChI is InChI=1S/C11H13ClO/c12-9-6-4-8(5-7-9)10-2-1-3-11(10)13/h4-7,10-11,13H,1-3H2/t10-,11+/m0/s1. The smallest absolute Gasteiger partial charge is 0.0608 e. The highest BCUT2D eigenvalue weighted by Crippen LogP contribution is 2.34. The van der Waals surface area contributed by atoms with Crippen molar-refractivity contribution in [3.8, 4) is 0 Å². The van der Waals surface area contributed by atoms with Gasteiger partial charge >= 0.3 is 0 Å². The van der Waals surface area contributed by atoms with Crippen LogP contribution in [0.3, 0.4) is 0 Å². The molecule has 0 aromatic heterocycles. The Balaban J connectivity index is 2.20. The molecule has 2 heteroatoms. The first-order chi connectivity index (χ1) is 6.27. The molecule has 0 unspecified atom stereocenters. The second-order valence-electron chi connectivity index (χ2n) is 3.66. The first-order valence-corrected chi connectivity index (χ1v) is 5.09. The van der Waals surface area contributed by atoms with Crippen LogP contribution in [0.25, 0.3) is 0 Å². The van der Waals surface area contributed by atoms with Crippen LogP contribution in [0.1, 0.15) is 30.7 Å². The van der Waals surface area contributed by atoms with Crippen LogP contribution in [-0.2, 0) is 0 Å². The lowest BCUT2D eigenvalue weighted by Crippen LogP contribution is -2.10. The van der Waals surface area contributed by atoms with Crippen LogP contribution in [0.15, 0.2) is 24.3 Å². The third-order valence-electron chi connectivity index (χ3n) is 2.78. The van der Waals surface area contributed by atoms with Crippen LogP contribution in [0, 0.1) is 0 Å². The Bertz CT molecular complexity index is 281. The molecule has 13 heavy (non-hydrogen) atoms. The fourth-order valence-electron chi connectivity index (χ4n) is 2.04. The van der Waals surface area contributed by atoms with Crippen molar-refractivity contribution in [2.75, 3.05) is 0 Å². The number of halogens is 1. The predicted molar refractivity (Wildman–Crippen MR) is 54.1 cm³/mol. The van der Waals surface area contributed by atoms with E-state index < -0.39 is 0 Å². The van der Waals surface area contributed by atoms with Gasteiger partial charge in [0.25, 0.3) is 0 Å². The van der Waals surface area contributed by atoms with E-state index in [1.54, 1.807) is 0 Å². The summed E-state index contributed by atoms with van der Waals surface area (Å²) in [6.45, 7) is 0. The van der Waals surface area contributed by atoms with Gasteiger partial charge in [-0.05, 0) is 30.5 Å². The van der Waals surface area contributed by atoms with Gasteiger partial charge < -0.3 is 5.11 Å². The Morgan fingerprint density at radius 3 is 2.38 bits per heavy atom. The fourth-order valence-corrected chi connectivity index (χ4v) is 2.17. The summed E-state index contributed by atoms with van der Waals surface area (Å²) in [5, 5.41) is 10.4. The van der Waals surface area contributed by atoms with Crippen molar-refractivity contribution in [2.24, 2.45) is 0 Å². The molecule has 1 nitrogen and oxygen atoms in total. The molecule has 1 aliphatic carbocycles. The Labute approximate surface area is 83.3 Å². The summed E-state index contributed by atoms with van der Waals surface area (Å²) < 4.78 is 0. The number of aliphatic hydroxyl groups excluding tert-OH is 1. The van der Waals surface area contributed by atoms with Gasteiger partial charge in [-0.15, -0.1) is 0 Å². The normalized spacial score (nSPS) is 27.8. The number of hydrogen-bond donors (Lipinski definition) is 1. The lowest BCUT2D eigenvalue weighted by atomic mass is 9.96. The van der Waals surface area contributed by atoms with Crippen LogP contribution >= 0.6 is 11.6 Å². The minimum atomic E-state index is -0.152. The zero-order chi connectivity index (χ0) is 9.26. The Kier molecular flexibility index (Phi) is 2.56. The van der Waals surface area contributed by atoms with Gasteiger partial charge in [0.05, 0.1) is 6.10 Å². The van der Waals surface area contributed by atoms with Crippen LogP contribution < -0.4 is 0 Å². The van der Waals surface area contributed by atoms with Crippen LogP contribution in [0.4, 0.5) is 0 Å². The Hall–Kier alpha value is -0.530. The summed E-state index contributed by atoms with van der Waals surface area (Å²) in [7, 11) is 0. The molecular formula is C11H13ClO. The second kappa shape index (κ2) is 3.69. The molecule has 0 aliphatic heterocycles. The number of aliphatic hydroxyl groups is 1. The Morgan fingerprint density at radius 1 is 1.15 bits per heavy atom. The molecule has 2 rings (SSSR count). The van der Waals surface area contributed by atoms with E-state index in [0.717, 1.165) is 24.3 Å². The molecule has 0 radical (unpaired) electrons. The maximum Gasteiger partial charge on any atom is 0.0608 e. The number of benzene rings is 1. The van der Waals surface area contributed by atoms with Crippen molar-refractivity contribution >= 4 is 11.6 Å². The maximum absolute atomic E-state index is 9.68. The van der Waals surface area contributed by atoms with Crippen molar-refractivity contribution < 1.29 is 5.11 Å². The van der Waals surface area contributed by atoms with Crippen molar-refractivity contribution in [3.63, 3.8) is 0 Å². The first-order valence-electron chi connectivity index (χ1n) is 4.71. The molecule has 2 atom stereocenters. The fraction of sp³-hybridized carbons (Fsp3) is 0.455. The van der Waals surface area contributed by atoms with E-state index in [-0.39, 0.29) is 6.10 Å². The molecule has 1 aromatic rings. The Morgan fingerprint density at radius 2 is 1.85 bits per heavy atom. The van der Waals surface area contributed by atoms with E-state index in [9.17, 15) is 5.11 Å². The zero-order valence-corrected chi connectivity index (χ0v) is 8.17. The van der Waals surface area contributed by atoms with E-state index >= 15 is 0 Å². The van der Waals surface area contributed by atoms with Gasteiger partial charge in [-0.3, -0.25) is 0 Å². The molecule has 0 amide bonds. The summed E-state index contributed by atoms with van der Waals surface area (Å²) in [4.78, 5) is 0. The summed E-state index contributed by atoms with van der Waals surface area (Å²) >= 11 is 5.79. The number of hydrogen-bond acceptors (Lipinski definition) is 1. The molecule has 1 fully saturated rings. The zero-order valence-electron chi connectivity index (χ0n) is 7.41. The minimum absolute atomic E-state index is 0.152. The minimum Gasteiger partial charge on any atom is -0.392 e.